The SMILES string of the molecule is Cc1c(-c2ccc(F)cn2)c(C(=O)N2CC(F)(F)OC(C)C2C(O)(O)Nc2ncc(C(F)(F)F)cn2)nn1C. The quantitative estimate of drug-likeness (QED) is 0.317. The average molecular weight is 561 g/mol. The van der Waals surface area contributed by atoms with Crippen LogP contribution in [0.25, 0.3) is 11.3 Å². The van der Waals surface area contributed by atoms with E-state index in [-0.39, 0.29) is 11.3 Å². The van der Waals surface area contributed by atoms with E-state index in [1.54, 1.807) is 6.92 Å². The molecule has 210 valence electrons. The summed E-state index contributed by atoms with van der Waals surface area (Å²) in [6.07, 6.45) is -8.84. The predicted molar refractivity (Wildman–Crippen MR) is 119 cm³/mol. The molecule has 4 rings (SSSR count). The van der Waals surface area contributed by atoms with Crippen molar-refractivity contribution >= 4 is 11.9 Å². The normalized spacial score (nSPS) is 19.7. The van der Waals surface area contributed by atoms with Crippen molar-refractivity contribution in [2.75, 3.05) is 11.9 Å². The molecule has 11 nitrogen and oxygen atoms in total. The molecule has 1 fully saturated rings. The first-order valence-corrected chi connectivity index (χ1v) is 11.1. The number of ether oxygens (including phenoxy) is 1. The minimum absolute atomic E-state index is 0.0734. The summed E-state index contributed by atoms with van der Waals surface area (Å²) >= 11 is 0. The van der Waals surface area contributed by atoms with Crippen LogP contribution >= 0.6 is 0 Å². The number of hydrogen-bond donors (Lipinski definition) is 3. The Balaban J connectivity index is 1.73. The Bertz CT molecular complexity index is 1360. The number of rotatable bonds is 5. The van der Waals surface area contributed by atoms with Crippen LogP contribution in [0.1, 0.15) is 28.7 Å². The Morgan fingerprint density at radius 2 is 1.79 bits per heavy atom. The Labute approximate surface area is 216 Å². The van der Waals surface area contributed by atoms with Crippen molar-refractivity contribution in [3.05, 3.63) is 53.5 Å². The lowest BCUT2D eigenvalue weighted by molar-refractivity contribution is -0.329. The van der Waals surface area contributed by atoms with Crippen LogP contribution in [0.2, 0.25) is 0 Å². The number of nitrogens with zero attached hydrogens (tertiary/aromatic N) is 6. The number of carbonyl (C=O) groups is 1. The second-order valence-corrected chi connectivity index (χ2v) is 8.78. The van der Waals surface area contributed by atoms with Crippen LogP contribution in [0.15, 0.2) is 30.7 Å². The number of alkyl halides is 5. The number of amides is 1. The average Bonchev–Trinajstić information content (AvgIpc) is 3.11. The summed E-state index contributed by atoms with van der Waals surface area (Å²) in [4.78, 5) is 24.7. The molecule has 0 bridgehead atoms. The van der Waals surface area contributed by atoms with Crippen molar-refractivity contribution in [2.45, 2.75) is 44.2 Å². The smallest absolute Gasteiger partial charge is 0.347 e. The lowest BCUT2D eigenvalue weighted by Crippen LogP contribution is -2.69. The molecule has 4 heterocycles. The molecular formula is C22H21F6N7O4. The highest BCUT2D eigenvalue weighted by molar-refractivity contribution is 5.99. The number of pyridine rings is 1. The van der Waals surface area contributed by atoms with Gasteiger partial charge in [0.1, 0.15) is 18.4 Å². The largest absolute Gasteiger partial charge is 0.419 e. The zero-order valence-electron chi connectivity index (χ0n) is 20.4. The van der Waals surface area contributed by atoms with Crippen molar-refractivity contribution in [1.82, 2.24) is 29.6 Å². The summed E-state index contributed by atoms with van der Waals surface area (Å²) in [7, 11) is 1.46. The number of nitrogens with one attached hydrogen (secondary N) is 1. The van der Waals surface area contributed by atoms with E-state index in [2.05, 4.69) is 24.8 Å². The molecule has 0 aliphatic carbocycles. The van der Waals surface area contributed by atoms with Gasteiger partial charge >= 0.3 is 12.3 Å². The number of morpholine rings is 1. The first kappa shape index (κ1) is 28.2. The third kappa shape index (κ3) is 5.64. The fraction of sp³-hybridized carbons (Fsp3) is 0.409. The van der Waals surface area contributed by atoms with Crippen molar-refractivity contribution < 1.29 is 46.1 Å². The van der Waals surface area contributed by atoms with Gasteiger partial charge in [-0.05, 0) is 26.0 Å². The number of aromatic nitrogens is 5. The Morgan fingerprint density at radius 1 is 1.15 bits per heavy atom. The topological polar surface area (TPSA) is 139 Å². The molecule has 3 aromatic heterocycles. The zero-order chi connectivity index (χ0) is 28.9. The zero-order valence-corrected chi connectivity index (χ0v) is 20.4. The molecule has 3 aromatic rings. The summed E-state index contributed by atoms with van der Waals surface area (Å²) in [5.41, 5.74) is -1.12. The first-order chi connectivity index (χ1) is 18.0. The highest BCUT2D eigenvalue weighted by Crippen LogP contribution is 2.36. The van der Waals surface area contributed by atoms with Crippen LogP contribution in [0.4, 0.5) is 32.3 Å². The summed E-state index contributed by atoms with van der Waals surface area (Å²) in [6.45, 7) is 1.12. The van der Waals surface area contributed by atoms with Gasteiger partial charge in [-0.3, -0.25) is 14.5 Å². The van der Waals surface area contributed by atoms with E-state index in [0.717, 1.165) is 19.2 Å². The number of anilines is 1. The lowest BCUT2D eigenvalue weighted by Gasteiger charge is -2.47. The van der Waals surface area contributed by atoms with E-state index in [1.165, 1.54) is 17.8 Å². The first-order valence-electron chi connectivity index (χ1n) is 11.1. The fourth-order valence-corrected chi connectivity index (χ4v) is 4.17. The van der Waals surface area contributed by atoms with Crippen molar-refractivity contribution in [2.24, 2.45) is 7.05 Å². The third-order valence-corrected chi connectivity index (χ3v) is 5.96. The van der Waals surface area contributed by atoms with Crippen LogP contribution in [-0.2, 0) is 18.0 Å². The summed E-state index contributed by atoms with van der Waals surface area (Å²) < 4.78 is 86.7. The van der Waals surface area contributed by atoms with Gasteiger partial charge in [0.05, 0.1) is 29.1 Å². The molecular weight excluding hydrogens is 540 g/mol. The monoisotopic (exact) mass is 561 g/mol. The molecule has 1 amide bonds. The molecule has 2 atom stereocenters. The minimum atomic E-state index is -4.77. The molecule has 1 aliphatic heterocycles. The molecule has 1 aliphatic rings. The van der Waals surface area contributed by atoms with Crippen molar-refractivity contribution in [1.29, 1.82) is 0 Å². The lowest BCUT2D eigenvalue weighted by atomic mass is 10.0. The third-order valence-electron chi connectivity index (χ3n) is 5.96. The Hall–Kier alpha value is -3.83. The van der Waals surface area contributed by atoms with E-state index in [1.807, 2.05) is 5.32 Å². The molecule has 0 radical (unpaired) electrons. The molecule has 39 heavy (non-hydrogen) atoms. The standard InChI is InChI=1S/C22H21F6N7O4/c1-10-15(14-5-4-13(23)8-29-14)16(33-34(10)3)18(36)35-9-20(24,25)39-11(2)17(35)22(37,38)32-19-30-6-12(7-31-19)21(26,27)28/h4-8,11,17,37-38H,9H2,1-3H3,(H,30,31,32). The number of carbonyl (C=O) groups excluding carboxylic acids is 1. The second-order valence-electron chi connectivity index (χ2n) is 8.78. The highest BCUT2D eigenvalue weighted by Gasteiger charge is 2.56. The van der Waals surface area contributed by atoms with Gasteiger partial charge in [-0.2, -0.15) is 27.1 Å². The van der Waals surface area contributed by atoms with Gasteiger partial charge in [-0.25, -0.2) is 14.4 Å². The predicted octanol–water partition coefficient (Wildman–Crippen LogP) is 2.31. The number of halogens is 6. The van der Waals surface area contributed by atoms with Gasteiger partial charge in [0.15, 0.2) is 5.69 Å². The van der Waals surface area contributed by atoms with Gasteiger partial charge in [0, 0.05) is 25.1 Å². The maximum atomic E-state index is 14.5. The van der Waals surface area contributed by atoms with E-state index >= 15 is 0 Å². The molecule has 1 saturated heterocycles. The number of aryl methyl sites for hydroxylation is 1. The van der Waals surface area contributed by atoms with E-state index in [9.17, 15) is 41.4 Å². The summed E-state index contributed by atoms with van der Waals surface area (Å²) in [5.74, 6) is -5.86. The van der Waals surface area contributed by atoms with Gasteiger partial charge in [0.25, 0.3) is 11.8 Å². The van der Waals surface area contributed by atoms with Gasteiger partial charge < -0.3 is 25.2 Å². The molecule has 0 saturated carbocycles. The highest BCUT2D eigenvalue weighted by atomic mass is 19.4. The minimum Gasteiger partial charge on any atom is -0.347 e. The van der Waals surface area contributed by atoms with Crippen LogP contribution < -0.4 is 5.32 Å². The van der Waals surface area contributed by atoms with Gasteiger partial charge in [0.2, 0.25) is 5.95 Å². The summed E-state index contributed by atoms with van der Waals surface area (Å²) in [5, 5.41) is 27.7. The molecule has 2 unspecified atom stereocenters. The van der Waals surface area contributed by atoms with Crippen LogP contribution in [0.3, 0.4) is 0 Å². The van der Waals surface area contributed by atoms with Gasteiger partial charge in [-0.1, -0.05) is 0 Å². The molecule has 3 N–H and O–H groups in total. The van der Waals surface area contributed by atoms with E-state index < -0.39 is 65.8 Å². The van der Waals surface area contributed by atoms with Crippen LogP contribution in [0, 0.1) is 12.7 Å². The second kappa shape index (κ2) is 9.73. The molecule has 17 heteroatoms. The Kier molecular flexibility index (Phi) is 7.03. The van der Waals surface area contributed by atoms with Crippen molar-refractivity contribution in [3.8, 4) is 11.3 Å². The maximum Gasteiger partial charge on any atom is 0.419 e. The van der Waals surface area contributed by atoms with Crippen molar-refractivity contribution in [3.63, 3.8) is 0 Å². The molecule has 0 aromatic carbocycles. The molecule has 0 spiro atoms. The van der Waals surface area contributed by atoms with E-state index in [0.29, 0.717) is 23.0 Å². The maximum absolute atomic E-state index is 14.5. The fourth-order valence-electron chi connectivity index (χ4n) is 4.17. The number of hydrogen-bond acceptors (Lipinski definition) is 9. The van der Waals surface area contributed by atoms with Gasteiger partial charge in [-0.15, -0.1) is 0 Å². The Morgan fingerprint density at radius 3 is 2.36 bits per heavy atom. The van der Waals surface area contributed by atoms with Crippen LogP contribution in [-0.4, -0.2) is 76.5 Å². The summed E-state index contributed by atoms with van der Waals surface area (Å²) in [6, 6.07) is 0.333. The van der Waals surface area contributed by atoms with E-state index in [4.69, 9.17) is 0 Å². The van der Waals surface area contributed by atoms with Crippen LogP contribution in [0.5, 0.6) is 0 Å². The number of aliphatic hydroxyl groups is 2.